The Bertz CT molecular complexity index is 998. The normalized spacial score (nSPS) is 11.7. The van der Waals surface area contributed by atoms with E-state index >= 15 is 0 Å². The average molecular weight is 420 g/mol. The summed E-state index contributed by atoms with van der Waals surface area (Å²) in [4.78, 5) is 12.0. The van der Waals surface area contributed by atoms with Gasteiger partial charge in [0.05, 0.1) is 16.3 Å². The molecule has 2 aromatic carbocycles. The SMILES string of the molecule is N#C/C(=C/Nc1ccc(F)c(F)c1F)C(=O)Nc1ccc(Cl)c(C(F)(F)F)c1. The van der Waals surface area contributed by atoms with Crippen molar-refractivity contribution in [1.82, 2.24) is 0 Å². The standard InChI is InChI=1S/C17H8ClF6N3O/c18-11-2-1-9(5-10(11)17(22,23)24)27-16(28)8(6-25)7-26-13-4-3-12(19)14(20)15(13)21/h1-5,7,26H,(H,27,28)/b8-7-. The molecule has 0 bridgehead atoms. The zero-order valence-corrected chi connectivity index (χ0v) is 14.2. The smallest absolute Gasteiger partial charge is 0.358 e. The molecule has 1 amide bonds. The molecule has 0 fully saturated rings. The number of alkyl halides is 3. The van der Waals surface area contributed by atoms with E-state index in [1.54, 1.807) is 0 Å². The zero-order chi connectivity index (χ0) is 21.1. The van der Waals surface area contributed by atoms with Crippen LogP contribution in [0.3, 0.4) is 0 Å². The van der Waals surface area contributed by atoms with Gasteiger partial charge in [-0.15, -0.1) is 0 Å². The van der Waals surface area contributed by atoms with Crippen LogP contribution < -0.4 is 10.6 Å². The number of nitrogens with zero attached hydrogens (tertiary/aromatic N) is 1. The third-order valence-corrected chi connectivity index (χ3v) is 3.63. The van der Waals surface area contributed by atoms with E-state index in [2.05, 4.69) is 5.32 Å². The molecular formula is C17H8ClF6N3O. The summed E-state index contributed by atoms with van der Waals surface area (Å²) in [6.45, 7) is 0. The van der Waals surface area contributed by atoms with Gasteiger partial charge in [0.25, 0.3) is 5.91 Å². The largest absolute Gasteiger partial charge is 0.417 e. The van der Waals surface area contributed by atoms with Gasteiger partial charge in [0.15, 0.2) is 17.5 Å². The molecule has 0 heterocycles. The number of benzene rings is 2. The minimum Gasteiger partial charge on any atom is -0.358 e. The molecule has 0 spiro atoms. The van der Waals surface area contributed by atoms with Gasteiger partial charge in [-0.2, -0.15) is 18.4 Å². The summed E-state index contributed by atoms with van der Waals surface area (Å²) >= 11 is 5.46. The molecule has 0 atom stereocenters. The predicted molar refractivity (Wildman–Crippen MR) is 88.7 cm³/mol. The molecule has 0 aromatic heterocycles. The van der Waals surface area contributed by atoms with Gasteiger partial charge in [-0.3, -0.25) is 4.79 Å². The first-order chi connectivity index (χ1) is 13.0. The lowest BCUT2D eigenvalue weighted by Crippen LogP contribution is -2.16. The quantitative estimate of drug-likeness (QED) is 0.308. The first-order valence-corrected chi connectivity index (χ1v) is 7.60. The summed E-state index contributed by atoms with van der Waals surface area (Å²) in [5.41, 5.74) is -2.74. The summed E-state index contributed by atoms with van der Waals surface area (Å²) in [5.74, 6) is -5.91. The van der Waals surface area contributed by atoms with Crippen LogP contribution in [0.2, 0.25) is 5.02 Å². The van der Waals surface area contributed by atoms with Gasteiger partial charge in [-0.25, -0.2) is 13.2 Å². The van der Waals surface area contributed by atoms with Crippen molar-refractivity contribution in [3.05, 3.63) is 70.1 Å². The van der Waals surface area contributed by atoms with Crippen LogP contribution in [0.15, 0.2) is 42.1 Å². The molecule has 2 rings (SSSR count). The first kappa shape index (κ1) is 21.1. The molecule has 0 saturated heterocycles. The second kappa shape index (κ2) is 8.22. The average Bonchev–Trinajstić information content (AvgIpc) is 2.62. The third-order valence-electron chi connectivity index (χ3n) is 3.30. The van der Waals surface area contributed by atoms with E-state index < -0.39 is 51.4 Å². The number of nitrogens with one attached hydrogen (secondary N) is 2. The van der Waals surface area contributed by atoms with Crippen LogP contribution in [0.4, 0.5) is 37.7 Å². The highest BCUT2D eigenvalue weighted by atomic mass is 35.5. The Morgan fingerprint density at radius 1 is 1.11 bits per heavy atom. The molecule has 28 heavy (non-hydrogen) atoms. The molecule has 0 aliphatic carbocycles. The zero-order valence-electron chi connectivity index (χ0n) is 13.5. The summed E-state index contributed by atoms with van der Waals surface area (Å²) in [7, 11) is 0. The number of carbonyl (C=O) groups is 1. The molecule has 0 unspecified atom stereocenters. The van der Waals surface area contributed by atoms with E-state index in [1.165, 1.54) is 6.07 Å². The van der Waals surface area contributed by atoms with E-state index in [9.17, 15) is 31.1 Å². The van der Waals surface area contributed by atoms with Crippen molar-refractivity contribution >= 4 is 28.9 Å². The molecule has 2 aromatic rings. The highest BCUT2D eigenvalue weighted by Crippen LogP contribution is 2.36. The highest BCUT2D eigenvalue weighted by molar-refractivity contribution is 6.31. The van der Waals surface area contributed by atoms with Crippen molar-refractivity contribution in [2.24, 2.45) is 0 Å². The number of amides is 1. The summed E-state index contributed by atoms with van der Waals surface area (Å²) < 4.78 is 78.1. The van der Waals surface area contributed by atoms with Gasteiger partial charge < -0.3 is 10.6 Å². The van der Waals surface area contributed by atoms with Crippen LogP contribution in [-0.2, 0) is 11.0 Å². The number of hydrogen-bond acceptors (Lipinski definition) is 3. The second-order valence-corrected chi connectivity index (χ2v) is 5.59. The Morgan fingerprint density at radius 2 is 1.79 bits per heavy atom. The number of anilines is 2. The van der Waals surface area contributed by atoms with Crippen molar-refractivity contribution in [2.75, 3.05) is 10.6 Å². The predicted octanol–water partition coefficient (Wildman–Crippen LogP) is 5.23. The molecule has 0 aliphatic heterocycles. The van der Waals surface area contributed by atoms with E-state index in [0.29, 0.717) is 18.3 Å². The lowest BCUT2D eigenvalue weighted by Gasteiger charge is -2.11. The van der Waals surface area contributed by atoms with Crippen molar-refractivity contribution in [2.45, 2.75) is 6.18 Å². The Morgan fingerprint density at radius 3 is 2.39 bits per heavy atom. The maximum absolute atomic E-state index is 13.5. The number of rotatable bonds is 4. The van der Waals surface area contributed by atoms with Crippen molar-refractivity contribution in [1.29, 1.82) is 5.26 Å². The van der Waals surface area contributed by atoms with E-state index in [0.717, 1.165) is 18.2 Å². The Balaban J connectivity index is 2.22. The van der Waals surface area contributed by atoms with Crippen LogP contribution >= 0.6 is 11.6 Å². The van der Waals surface area contributed by atoms with Gasteiger partial charge in [0.2, 0.25) is 0 Å². The van der Waals surface area contributed by atoms with Crippen LogP contribution in [-0.4, -0.2) is 5.91 Å². The van der Waals surface area contributed by atoms with Crippen molar-refractivity contribution in [3.63, 3.8) is 0 Å². The molecule has 11 heteroatoms. The minimum atomic E-state index is -4.77. The van der Waals surface area contributed by atoms with Crippen LogP contribution in [0, 0.1) is 28.8 Å². The van der Waals surface area contributed by atoms with Crippen molar-refractivity contribution in [3.8, 4) is 6.07 Å². The molecule has 0 radical (unpaired) electrons. The fourth-order valence-corrected chi connectivity index (χ4v) is 2.18. The van der Waals surface area contributed by atoms with E-state index in [1.807, 2.05) is 5.32 Å². The summed E-state index contributed by atoms with van der Waals surface area (Å²) in [6, 6.07) is 5.44. The molecule has 4 nitrogen and oxygen atoms in total. The maximum Gasteiger partial charge on any atom is 0.417 e. The first-order valence-electron chi connectivity index (χ1n) is 7.23. The van der Waals surface area contributed by atoms with Gasteiger partial charge >= 0.3 is 6.18 Å². The van der Waals surface area contributed by atoms with Gasteiger partial charge in [0.1, 0.15) is 11.6 Å². The molecule has 0 saturated carbocycles. The van der Waals surface area contributed by atoms with Crippen LogP contribution in [0.5, 0.6) is 0 Å². The molecular weight excluding hydrogens is 412 g/mol. The molecule has 146 valence electrons. The lowest BCUT2D eigenvalue weighted by molar-refractivity contribution is -0.137. The Hall–Kier alpha value is -3.19. The fourth-order valence-electron chi connectivity index (χ4n) is 1.95. The highest BCUT2D eigenvalue weighted by Gasteiger charge is 2.33. The Kier molecular flexibility index (Phi) is 6.20. The number of hydrogen-bond donors (Lipinski definition) is 2. The maximum atomic E-state index is 13.5. The fraction of sp³-hybridized carbons (Fsp3) is 0.0588. The minimum absolute atomic E-state index is 0.304. The molecule has 2 N–H and O–H groups in total. The van der Waals surface area contributed by atoms with Gasteiger partial charge in [-0.1, -0.05) is 11.6 Å². The molecule has 0 aliphatic rings. The van der Waals surface area contributed by atoms with Gasteiger partial charge in [-0.05, 0) is 30.3 Å². The number of nitriles is 1. The third kappa shape index (κ3) is 4.75. The summed E-state index contributed by atoms with van der Waals surface area (Å²) in [6.07, 6.45) is -4.08. The van der Waals surface area contributed by atoms with E-state index in [-0.39, 0.29) is 5.69 Å². The lowest BCUT2D eigenvalue weighted by atomic mass is 10.2. The summed E-state index contributed by atoms with van der Waals surface area (Å²) in [5, 5.41) is 12.6. The van der Waals surface area contributed by atoms with E-state index in [4.69, 9.17) is 16.9 Å². The Labute approximate surface area is 159 Å². The second-order valence-electron chi connectivity index (χ2n) is 5.18. The monoisotopic (exact) mass is 419 g/mol. The van der Waals surface area contributed by atoms with Crippen LogP contribution in [0.25, 0.3) is 0 Å². The number of halogens is 7. The van der Waals surface area contributed by atoms with Crippen LogP contribution in [0.1, 0.15) is 5.56 Å². The van der Waals surface area contributed by atoms with Gasteiger partial charge in [0, 0.05) is 11.9 Å². The van der Waals surface area contributed by atoms with Crippen molar-refractivity contribution < 1.29 is 31.1 Å². The number of carbonyl (C=O) groups excluding carboxylic acids is 1. The topological polar surface area (TPSA) is 64.9 Å².